The maximum absolute atomic E-state index is 5.61. The van der Waals surface area contributed by atoms with Crippen molar-refractivity contribution in [3.8, 4) is 0 Å². The molecule has 0 bridgehead atoms. The largest absolute Gasteiger partial charge is 0.379 e. The molecule has 1 saturated heterocycles. The predicted octanol–water partition coefficient (Wildman–Crippen LogP) is 3.40. The van der Waals surface area contributed by atoms with Gasteiger partial charge in [0.25, 0.3) is 0 Å². The number of rotatable bonds is 6. The van der Waals surface area contributed by atoms with Crippen LogP contribution in [0, 0.1) is 0 Å². The fraction of sp³-hybridized carbons (Fsp3) is 0.750. The molecule has 2 N–H and O–H groups in total. The second-order valence-electron chi connectivity index (χ2n) is 6.42. The molecule has 0 aromatic carbocycles. The van der Waals surface area contributed by atoms with Crippen LogP contribution in [0.4, 0.5) is 11.6 Å². The SMILES string of the molecule is CCCNc1cc(NC2(C)CCCOC2)nc(C(C)C)n1. The summed E-state index contributed by atoms with van der Waals surface area (Å²) < 4.78 is 5.61. The van der Waals surface area contributed by atoms with E-state index < -0.39 is 0 Å². The maximum Gasteiger partial charge on any atom is 0.135 e. The molecule has 118 valence electrons. The minimum absolute atomic E-state index is 0.0388. The van der Waals surface area contributed by atoms with Gasteiger partial charge in [0, 0.05) is 25.1 Å². The molecule has 5 heteroatoms. The Bertz CT molecular complexity index is 456. The van der Waals surface area contributed by atoms with E-state index >= 15 is 0 Å². The van der Waals surface area contributed by atoms with Gasteiger partial charge in [-0.3, -0.25) is 0 Å². The third kappa shape index (κ3) is 4.56. The number of hydrogen-bond acceptors (Lipinski definition) is 5. The molecule has 1 atom stereocenters. The lowest BCUT2D eigenvalue weighted by Crippen LogP contribution is -2.43. The second kappa shape index (κ2) is 7.07. The zero-order valence-electron chi connectivity index (χ0n) is 13.7. The highest BCUT2D eigenvalue weighted by Crippen LogP contribution is 2.25. The molecular formula is C16H28N4O. The number of aromatic nitrogens is 2. The molecule has 0 amide bonds. The van der Waals surface area contributed by atoms with Crippen molar-refractivity contribution < 1.29 is 4.74 Å². The van der Waals surface area contributed by atoms with Gasteiger partial charge in [0.2, 0.25) is 0 Å². The van der Waals surface area contributed by atoms with E-state index in [1.165, 1.54) is 0 Å². The minimum Gasteiger partial charge on any atom is -0.379 e. The molecule has 2 heterocycles. The molecule has 1 unspecified atom stereocenters. The quantitative estimate of drug-likeness (QED) is 0.841. The van der Waals surface area contributed by atoms with E-state index in [2.05, 4.69) is 48.3 Å². The smallest absolute Gasteiger partial charge is 0.135 e. The summed E-state index contributed by atoms with van der Waals surface area (Å²) in [6.07, 6.45) is 3.27. The first-order valence-electron chi connectivity index (χ1n) is 8.01. The van der Waals surface area contributed by atoms with Crippen LogP contribution < -0.4 is 10.6 Å². The first-order valence-corrected chi connectivity index (χ1v) is 8.01. The third-order valence-corrected chi connectivity index (χ3v) is 3.68. The summed E-state index contributed by atoms with van der Waals surface area (Å²) in [6, 6.07) is 2.00. The van der Waals surface area contributed by atoms with Crippen LogP contribution in [0.1, 0.15) is 58.7 Å². The average molecular weight is 292 g/mol. The molecule has 2 rings (SSSR count). The first-order chi connectivity index (χ1) is 10.0. The van der Waals surface area contributed by atoms with Crippen molar-refractivity contribution in [1.29, 1.82) is 0 Å². The summed E-state index contributed by atoms with van der Waals surface area (Å²) in [6.45, 7) is 11.1. The Labute approximate surface area is 127 Å². The molecule has 1 fully saturated rings. The van der Waals surface area contributed by atoms with Crippen LogP contribution in [-0.2, 0) is 4.74 Å². The van der Waals surface area contributed by atoms with E-state index in [1.54, 1.807) is 0 Å². The summed E-state index contributed by atoms with van der Waals surface area (Å²) in [5.41, 5.74) is -0.0388. The van der Waals surface area contributed by atoms with Crippen LogP contribution in [0.5, 0.6) is 0 Å². The van der Waals surface area contributed by atoms with E-state index in [0.717, 1.165) is 56.5 Å². The summed E-state index contributed by atoms with van der Waals surface area (Å²) in [5.74, 6) is 2.97. The van der Waals surface area contributed by atoms with Crippen LogP contribution in [0.15, 0.2) is 6.07 Å². The van der Waals surface area contributed by atoms with E-state index in [0.29, 0.717) is 5.92 Å². The Morgan fingerprint density at radius 2 is 2.10 bits per heavy atom. The summed E-state index contributed by atoms with van der Waals surface area (Å²) in [5, 5.41) is 6.91. The van der Waals surface area contributed by atoms with Gasteiger partial charge in [-0.25, -0.2) is 9.97 Å². The van der Waals surface area contributed by atoms with Crippen molar-refractivity contribution in [2.24, 2.45) is 0 Å². The van der Waals surface area contributed by atoms with Gasteiger partial charge in [-0.05, 0) is 26.2 Å². The minimum atomic E-state index is -0.0388. The van der Waals surface area contributed by atoms with Gasteiger partial charge < -0.3 is 15.4 Å². The van der Waals surface area contributed by atoms with E-state index in [9.17, 15) is 0 Å². The lowest BCUT2D eigenvalue weighted by atomic mass is 9.95. The molecule has 0 radical (unpaired) electrons. The molecule has 5 nitrogen and oxygen atoms in total. The number of nitrogens with one attached hydrogen (secondary N) is 2. The summed E-state index contributed by atoms with van der Waals surface area (Å²) >= 11 is 0. The summed E-state index contributed by atoms with van der Waals surface area (Å²) in [7, 11) is 0. The Balaban J connectivity index is 2.18. The van der Waals surface area contributed by atoms with E-state index in [-0.39, 0.29) is 5.54 Å². The van der Waals surface area contributed by atoms with Crippen molar-refractivity contribution in [1.82, 2.24) is 9.97 Å². The van der Waals surface area contributed by atoms with Crippen LogP contribution in [0.3, 0.4) is 0 Å². The number of hydrogen-bond donors (Lipinski definition) is 2. The van der Waals surface area contributed by atoms with Gasteiger partial charge in [0.05, 0.1) is 12.1 Å². The zero-order chi connectivity index (χ0) is 15.3. The molecule has 1 aliphatic rings. The van der Waals surface area contributed by atoms with Crippen LogP contribution in [0.2, 0.25) is 0 Å². The number of anilines is 2. The van der Waals surface area contributed by atoms with E-state index in [4.69, 9.17) is 4.74 Å². The Hall–Kier alpha value is -1.36. The lowest BCUT2D eigenvalue weighted by Gasteiger charge is -2.35. The van der Waals surface area contributed by atoms with Crippen molar-refractivity contribution >= 4 is 11.6 Å². The molecule has 0 aliphatic carbocycles. The Morgan fingerprint density at radius 1 is 1.33 bits per heavy atom. The molecule has 0 spiro atoms. The van der Waals surface area contributed by atoms with Crippen LogP contribution in [-0.4, -0.2) is 35.3 Å². The molecule has 1 aliphatic heterocycles. The van der Waals surface area contributed by atoms with Gasteiger partial charge in [0.15, 0.2) is 0 Å². The van der Waals surface area contributed by atoms with Crippen molar-refractivity contribution in [3.63, 3.8) is 0 Å². The lowest BCUT2D eigenvalue weighted by molar-refractivity contribution is 0.0539. The van der Waals surface area contributed by atoms with Crippen molar-refractivity contribution in [3.05, 3.63) is 11.9 Å². The highest BCUT2D eigenvalue weighted by atomic mass is 16.5. The highest BCUT2D eigenvalue weighted by Gasteiger charge is 2.28. The molecule has 0 saturated carbocycles. The third-order valence-electron chi connectivity index (χ3n) is 3.68. The van der Waals surface area contributed by atoms with Crippen molar-refractivity contribution in [2.45, 2.75) is 58.4 Å². The maximum atomic E-state index is 5.61. The fourth-order valence-corrected chi connectivity index (χ4v) is 2.47. The highest BCUT2D eigenvalue weighted by molar-refractivity contribution is 5.49. The van der Waals surface area contributed by atoms with Gasteiger partial charge in [0.1, 0.15) is 17.5 Å². The van der Waals surface area contributed by atoms with Gasteiger partial charge in [-0.1, -0.05) is 20.8 Å². The molecular weight excluding hydrogens is 264 g/mol. The monoisotopic (exact) mass is 292 g/mol. The first kappa shape index (κ1) is 16.0. The van der Waals surface area contributed by atoms with Gasteiger partial charge in [-0.2, -0.15) is 0 Å². The molecule has 1 aromatic rings. The predicted molar refractivity (Wildman–Crippen MR) is 87.0 cm³/mol. The molecule has 21 heavy (non-hydrogen) atoms. The summed E-state index contributed by atoms with van der Waals surface area (Å²) in [4.78, 5) is 9.26. The Morgan fingerprint density at radius 3 is 2.71 bits per heavy atom. The second-order valence-corrected chi connectivity index (χ2v) is 6.42. The number of ether oxygens (including phenoxy) is 1. The molecule has 1 aromatic heterocycles. The van der Waals surface area contributed by atoms with Crippen LogP contribution in [0.25, 0.3) is 0 Å². The number of nitrogens with zero attached hydrogens (tertiary/aromatic N) is 2. The van der Waals surface area contributed by atoms with Gasteiger partial charge in [-0.15, -0.1) is 0 Å². The topological polar surface area (TPSA) is 59.1 Å². The zero-order valence-corrected chi connectivity index (χ0v) is 13.7. The normalized spacial score (nSPS) is 22.3. The fourth-order valence-electron chi connectivity index (χ4n) is 2.47. The van der Waals surface area contributed by atoms with E-state index in [1.807, 2.05) is 6.07 Å². The van der Waals surface area contributed by atoms with Gasteiger partial charge >= 0.3 is 0 Å². The van der Waals surface area contributed by atoms with Crippen molar-refractivity contribution in [2.75, 3.05) is 30.4 Å². The van der Waals surface area contributed by atoms with Crippen LogP contribution >= 0.6 is 0 Å². The average Bonchev–Trinajstić information content (AvgIpc) is 2.45. The standard InChI is InChI=1S/C16H28N4O/c1-5-8-17-13-10-14(19-15(18-13)12(2)3)20-16(4)7-6-9-21-11-16/h10,12H,5-9,11H2,1-4H3,(H2,17,18,19,20). The Kier molecular flexibility index (Phi) is 5.39.